The highest BCUT2D eigenvalue weighted by Gasteiger charge is 2.14. The van der Waals surface area contributed by atoms with E-state index in [-0.39, 0.29) is 0 Å². The fraction of sp³-hybridized carbons (Fsp3) is 0. The average molecular weight is 293 g/mol. The second-order valence-corrected chi connectivity index (χ2v) is 1.92. The zero-order valence-electron chi connectivity index (χ0n) is 8.85. The smallest absolute Gasteiger partial charge is 0.352 e. The maximum absolute atomic E-state index is 8.36. The van der Waals surface area contributed by atoms with Crippen molar-refractivity contribution in [1.29, 1.82) is 5.41 Å². The first kappa shape index (κ1) is 24.9. The van der Waals surface area contributed by atoms with E-state index in [0.29, 0.717) is 0 Å². The Hall–Kier alpha value is -3.09. The van der Waals surface area contributed by atoms with Crippen molar-refractivity contribution in [2.75, 3.05) is 0 Å². The molecule has 0 fully saturated rings. The molecule has 18 nitrogen and oxygen atoms in total. The summed E-state index contributed by atoms with van der Waals surface area (Å²) in [6.07, 6.45) is 0. The first-order valence-corrected chi connectivity index (χ1v) is 3.21. The molecule has 19 heavy (non-hydrogen) atoms. The van der Waals surface area contributed by atoms with E-state index in [1.807, 2.05) is 0 Å². The molecule has 0 aromatic rings. The molecule has 18 heteroatoms. The number of rotatable bonds is 0. The first-order valence-electron chi connectivity index (χ1n) is 3.21. The number of hydrogen-bond donors (Lipinski definition) is 7. The van der Waals surface area contributed by atoms with Gasteiger partial charge >= 0.3 is 5.96 Å². The second kappa shape index (κ2) is 13.0. The Balaban J connectivity index is -0.0000000825. The predicted molar refractivity (Wildman–Crippen MR) is 52.7 cm³/mol. The Kier molecular flexibility index (Phi) is 17.0. The summed E-state index contributed by atoms with van der Waals surface area (Å²) < 4.78 is 0. The van der Waals surface area contributed by atoms with Crippen molar-refractivity contribution in [2.24, 2.45) is 23.3 Å². The lowest BCUT2D eigenvalue weighted by Crippen LogP contribution is -2.71. The van der Waals surface area contributed by atoms with Gasteiger partial charge in [0.05, 0.1) is 5.09 Å². The van der Waals surface area contributed by atoms with Crippen molar-refractivity contribution >= 4 is 5.96 Å². The average Bonchev–Trinajstić information content (AvgIpc) is 1.96. The summed E-state index contributed by atoms with van der Waals surface area (Å²) in [4.78, 5) is 23.9. The molecule has 0 radical (unpaired) electrons. The normalized spacial score (nSPS) is 7.95. The Morgan fingerprint density at radius 1 is 0.947 bits per heavy atom. The highest BCUT2D eigenvalue weighted by atomic mass is 16.9. The Morgan fingerprint density at radius 2 is 1.00 bits per heavy atom. The Morgan fingerprint density at radius 3 is 1.00 bits per heavy atom. The molecular weight excluding hydrogens is 282 g/mol. The van der Waals surface area contributed by atoms with Gasteiger partial charge in [0.2, 0.25) is 0 Å². The van der Waals surface area contributed by atoms with Crippen LogP contribution in [0.4, 0.5) is 0 Å². The highest BCUT2D eigenvalue weighted by molar-refractivity contribution is 5.65. The molecule has 0 aliphatic heterocycles. The molecule has 0 unspecified atom stereocenters. The van der Waals surface area contributed by atoms with Crippen LogP contribution >= 0.6 is 0 Å². The summed E-state index contributed by atoms with van der Waals surface area (Å²) in [5.41, 5.74) is 4.75. The number of quaternary nitrogens is 1. The van der Waals surface area contributed by atoms with E-state index in [0.717, 1.165) is 0 Å². The highest BCUT2D eigenvalue weighted by Crippen LogP contribution is 1.63. The van der Waals surface area contributed by atoms with Crippen LogP contribution in [0.1, 0.15) is 0 Å². The lowest BCUT2D eigenvalue weighted by atomic mass is 11.0. The van der Waals surface area contributed by atoms with E-state index >= 15 is 0 Å². The van der Waals surface area contributed by atoms with Crippen LogP contribution in [0.5, 0.6) is 0 Å². The van der Waals surface area contributed by atoms with Gasteiger partial charge in [-0.2, -0.15) is 0 Å². The quantitative estimate of drug-likeness (QED) is 0.0566. The third-order valence-electron chi connectivity index (χ3n) is 0.417. The van der Waals surface area contributed by atoms with Gasteiger partial charge in [0.1, 0.15) is 0 Å². The van der Waals surface area contributed by atoms with Crippen LogP contribution in [0.25, 0.3) is 0 Å². The van der Waals surface area contributed by atoms with Crippen molar-refractivity contribution < 1.29 is 30.5 Å². The summed E-state index contributed by atoms with van der Waals surface area (Å²) in [6.45, 7) is 0. The minimum absolute atomic E-state index is 0.486. The first-order chi connectivity index (χ1) is 8.14. The fourth-order valence-electron chi connectivity index (χ4n) is 0. The Labute approximate surface area is 102 Å². The lowest BCUT2D eigenvalue weighted by Gasteiger charge is -2.14. The second-order valence-electron chi connectivity index (χ2n) is 1.92. The maximum atomic E-state index is 8.36. The molecule has 0 heterocycles. The SMILES string of the molecule is N=C(N)[N+](N)(N)N.O=[N+]([O-])O.O=[N+]([O-])O.O=[N+]([O-])[O-]. The van der Waals surface area contributed by atoms with Gasteiger partial charge in [0.15, 0.2) is 0 Å². The summed E-state index contributed by atoms with van der Waals surface area (Å²) in [6, 6.07) is 0. The summed E-state index contributed by atoms with van der Waals surface area (Å²) in [5.74, 6) is 14.0. The van der Waals surface area contributed by atoms with E-state index in [9.17, 15) is 0 Å². The topological polar surface area (TPSA) is 321 Å². The van der Waals surface area contributed by atoms with Gasteiger partial charge < -0.3 is 31.5 Å². The molecule has 0 aliphatic rings. The van der Waals surface area contributed by atoms with Crippen LogP contribution < -0.4 is 23.3 Å². The molecule has 114 valence electrons. The van der Waals surface area contributed by atoms with Crippen molar-refractivity contribution in [3.63, 3.8) is 0 Å². The maximum Gasteiger partial charge on any atom is 0.352 e. The van der Waals surface area contributed by atoms with Gasteiger partial charge in [-0.1, -0.05) is 0 Å². The van der Waals surface area contributed by atoms with E-state index < -0.39 is 26.0 Å². The number of guanidine groups is 1. The van der Waals surface area contributed by atoms with Gasteiger partial charge in [-0.3, -0.25) is 0 Å². The third kappa shape index (κ3) is 293. The molecule has 0 bridgehead atoms. The van der Waals surface area contributed by atoms with E-state index in [4.69, 9.17) is 74.6 Å². The molecule has 0 saturated carbocycles. The Bertz CT molecular complexity index is 252. The van der Waals surface area contributed by atoms with Gasteiger partial charge in [0, 0.05) is 0 Å². The van der Waals surface area contributed by atoms with Crippen molar-refractivity contribution in [2.45, 2.75) is 0 Å². The van der Waals surface area contributed by atoms with Gasteiger partial charge in [-0.25, -0.2) is 5.41 Å². The molecule has 0 saturated heterocycles. The van der Waals surface area contributed by atoms with Crippen LogP contribution in [0.3, 0.4) is 0 Å². The number of nitrogens with one attached hydrogen (secondary N) is 1. The van der Waals surface area contributed by atoms with Gasteiger partial charge in [-0.05, 0) is 4.81 Å². The molecule has 0 atom stereocenters. The summed E-state index contributed by atoms with van der Waals surface area (Å²) in [7, 11) is 0. The molecule has 0 aromatic carbocycles. The third-order valence-corrected chi connectivity index (χ3v) is 0.417. The van der Waals surface area contributed by atoms with Crippen molar-refractivity contribution in [3.05, 3.63) is 35.6 Å². The molecule has 0 spiro atoms. The standard InChI is InChI=1S/CH9N6.2HNO3.NO3/c2-1(3)7(4,5)6;3*2-1(3)4/h4-6H2,(H3,2,3);2*(H,2,3,4);/q+1;;;-1. The zero-order chi connectivity index (χ0) is 16.8. The van der Waals surface area contributed by atoms with E-state index in [1.165, 1.54) is 0 Å². The number of nitrogens with zero attached hydrogens (tertiary/aromatic N) is 4. The fourth-order valence-corrected chi connectivity index (χ4v) is 0. The van der Waals surface area contributed by atoms with Gasteiger partial charge in [-0.15, -0.1) is 37.8 Å². The van der Waals surface area contributed by atoms with Crippen LogP contribution in [-0.2, 0) is 0 Å². The van der Waals surface area contributed by atoms with Crippen molar-refractivity contribution in [1.82, 2.24) is 0 Å². The minimum Gasteiger partial charge on any atom is -0.356 e. The number of nitrogens with two attached hydrogens (primary N) is 4. The summed E-state index contributed by atoms with van der Waals surface area (Å²) in [5, 5.41) is 48.5. The zero-order valence-corrected chi connectivity index (χ0v) is 8.85. The summed E-state index contributed by atoms with van der Waals surface area (Å²) >= 11 is 0. The van der Waals surface area contributed by atoms with E-state index in [1.54, 1.807) is 0 Å². The van der Waals surface area contributed by atoms with Crippen LogP contribution in [-0.4, -0.2) is 36.4 Å². The molecule has 0 rings (SSSR count). The predicted octanol–water partition coefficient (Wildman–Crippen LogP) is -3.62. The molecular formula is CH11N9O9. The van der Waals surface area contributed by atoms with Crippen LogP contribution in [0.15, 0.2) is 0 Å². The van der Waals surface area contributed by atoms with Crippen LogP contribution in [0, 0.1) is 41.0 Å². The number of hydrogen-bond acceptors (Lipinski definition) is 11. The minimum atomic E-state index is -1.75. The van der Waals surface area contributed by atoms with Crippen LogP contribution in [0.2, 0.25) is 0 Å². The molecule has 0 aliphatic carbocycles. The largest absolute Gasteiger partial charge is 0.356 e. The molecule has 11 N–H and O–H groups in total. The van der Waals surface area contributed by atoms with Gasteiger partial charge in [0.25, 0.3) is 10.2 Å². The monoisotopic (exact) mass is 293 g/mol. The van der Waals surface area contributed by atoms with E-state index in [2.05, 4.69) is 0 Å². The molecule has 0 amide bonds. The van der Waals surface area contributed by atoms with Crippen molar-refractivity contribution in [3.8, 4) is 0 Å². The molecule has 0 aromatic heterocycles. The lowest BCUT2D eigenvalue weighted by molar-refractivity contribution is -0.880.